The molecule has 1 aliphatic rings. The fourth-order valence-corrected chi connectivity index (χ4v) is 3.82. The third-order valence-electron chi connectivity index (χ3n) is 4.04. The maximum absolute atomic E-state index is 12.5. The second-order valence-corrected chi connectivity index (χ2v) is 7.70. The van der Waals surface area contributed by atoms with E-state index in [0.717, 1.165) is 25.9 Å². The van der Waals surface area contributed by atoms with Gasteiger partial charge in [-0.3, -0.25) is 0 Å². The Kier molecular flexibility index (Phi) is 7.13. The normalized spacial score (nSPS) is 21.3. The van der Waals surface area contributed by atoms with Gasteiger partial charge in [0.2, 0.25) is 10.0 Å². The summed E-state index contributed by atoms with van der Waals surface area (Å²) in [6.07, 6.45) is 2.07. The van der Waals surface area contributed by atoms with E-state index in [1.807, 2.05) is 0 Å². The smallest absolute Gasteiger partial charge is 0.240 e. The first-order valence-corrected chi connectivity index (χ1v) is 8.81. The highest BCUT2D eigenvalue weighted by atomic mass is 35.5. The molecule has 1 saturated heterocycles. The number of methoxy groups -OCH3 is 2. The predicted molar refractivity (Wildman–Crippen MR) is 92.2 cm³/mol. The van der Waals surface area contributed by atoms with Crippen LogP contribution in [0.5, 0.6) is 11.5 Å². The van der Waals surface area contributed by atoms with Crippen LogP contribution >= 0.6 is 12.4 Å². The number of benzene rings is 1. The van der Waals surface area contributed by atoms with Crippen molar-refractivity contribution in [2.75, 3.05) is 33.9 Å². The first-order valence-electron chi connectivity index (χ1n) is 7.33. The average molecular weight is 365 g/mol. The molecule has 0 amide bonds. The first-order chi connectivity index (χ1) is 10.4. The van der Waals surface area contributed by atoms with E-state index in [1.54, 1.807) is 6.07 Å². The van der Waals surface area contributed by atoms with Gasteiger partial charge in [-0.1, -0.05) is 6.92 Å². The van der Waals surface area contributed by atoms with Gasteiger partial charge in [0.15, 0.2) is 11.5 Å². The SMILES string of the molecule is COc1ccc(S(=O)(=O)NCC2(C)CCCNC2)cc1OC.Cl. The van der Waals surface area contributed by atoms with Crippen LogP contribution in [0.4, 0.5) is 0 Å². The molecule has 1 unspecified atom stereocenters. The lowest BCUT2D eigenvalue weighted by molar-refractivity contribution is 0.238. The Balaban J connectivity index is 0.00000264. The molecule has 2 N–H and O–H groups in total. The lowest BCUT2D eigenvalue weighted by Crippen LogP contribution is -2.45. The highest BCUT2D eigenvalue weighted by Gasteiger charge is 2.29. The standard InChI is InChI=1S/C15H24N2O4S.ClH/c1-15(7-4-8-16-10-15)11-17-22(18,19)12-5-6-13(20-2)14(9-12)21-3;/h5-6,9,16-17H,4,7-8,10-11H2,1-3H3;1H. The van der Waals surface area contributed by atoms with Crippen LogP contribution in [0, 0.1) is 5.41 Å². The fraction of sp³-hybridized carbons (Fsp3) is 0.600. The van der Waals surface area contributed by atoms with Gasteiger partial charge in [-0.05, 0) is 36.9 Å². The first kappa shape index (κ1) is 20.0. The molecule has 0 saturated carbocycles. The molecular weight excluding hydrogens is 340 g/mol. The van der Waals surface area contributed by atoms with Gasteiger partial charge in [-0.2, -0.15) is 0 Å². The maximum Gasteiger partial charge on any atom is 0.240 e. The van der Waals surface area contributed by atoms with Crippen LogP contribution < -0.4 is 19.5 Å². The minimum atomic E-state index is -3.57. The second-order valence-electron chi connectivity index (χ2n) is 5.93. The molecule has 0 spiro atoms. The summed E-state index contributed by atoms with van der Waals surface area (Å²) in [5, 5.41) is 3.31. The van der Waals surface area contributed by atoms with E-state index in [2.05, 4.69) is 17.0 Å². The number of halogens is 1. The molecule has 8 heteroatoms. The van der Waals surface area contributed by atoms with Gasteiger partial charge in [0.25, 0.3) is 0 Å². The van der Waals surface area contributed by atoms with Crippen molar-refractivity contribution in [3.63, 3.8) is 0 Å². The van der Waals surface area contributed by atoms with E-state index in [1.165, 1.54) is 26.4 Å². The monoisotopic (exact) mass is 364 g/mol. The van der Waals surface area contributed by atoms with E-state index in [9.17, 15) is 8.42 Å². The number of hydrogen-bond acceptors (Lipinski definition) is 5. The highest BCUT2D eigenvalue weighted by molar-refractivity contribution is 7.89. The molecule has 23 heavy (non-hydrogen) atoms. The van der Waals surface area contributed by atoms with Gasteiger partial charge in [-0.25, -0.2) is 13.1 Å². The fourth-order valence-electron chi connectivity index (χ4n) is 2.61. The van der Waals surface area contributed by atoms with Crippen LogP contribution in [0.1, 0.15) is 19.8 Å². The highest BCUT2D eigenvalue weighted by Crippen LogP contribution is 2.30. The van der Waals surface area contributed by atoms with Crippen molar-refractivity contribution in [3.05, 3.63) is 18.2 Å². The van der Waals surface area contributed by atoms with E-state index in [4.69, 9.17) is 9.47 Å². The molecular formula is C15H25ClN2O4S. The van der Waals surface area contributed by atoms with Gasteiger partial charge in [0.05, 0.1) is 19.1 Å². The molecule has 1 atom stereocenters. The summed E-state index contributed by atoms with van der Waals surface area (Å²) in [4.78, 5) is 0.178. The molecule has 1 aromatic carbocycles. The van der Waals surface area contributed by atoms with Crippen molar-refractivity contribution in [1.29, 1.82) is 0 Å². The summed E-state index contributed by atoms with van der Waals surface area (Å²) in [6, 6.07) is 4.59. The number of ether oxygens (including phenoxy) is 2. The summed E-state index contributed by atoms with van der Waals surface area (Å²) in [5.41, 5.74) is -0.0537. The summed E-state index contributed by atoms with van der Waals surface area (Å²) >= 11 is 0. The minimum Gasteiger partial charge on any atom is -0.493 e. The van der Waals surface area contributed by atoms with Crippen molar-refractivity contribution >= 4 is 22.4 Å². The van der Waals surface area contributed by atoms with Gasteiger partial charge in [0, 0.05) is 19.2 Å². The molecule has 132 valence electrons. The largest absolute Gasteiger partial charge is 0.493 e. The van der Waals surface area contributed by atoms with Gasteiger partial charge in [0.1, 0.15) is 0 Å². The molecule has 0 aromatic heterocycles. The van der Waals surface area contributed by atoms with Crippen LogP contribution in [-0.4, -0.2) is 42.3 Å². The van der Waals surface area contributed by atoms with Crippen molar-refractivity contribution in [2.24, 2.45) is 5.41 Å². The topological polar surface area (TPSA) is 76.7 Å². The average Bonchev–Trinajstić information content (AvgIpc) is 2.53. The Morgan fingerprint density at radius 1 is 1.26 bits per heavy atom. The van der Waals surface area contributed by atoms with Crippen molar-refractivity contribution in [3.8, 4) is 11.5 Å². The molecule has 1 aliphatic heterocycles. The zero-order valence-electron chi connectivity index (χ0n) is 13.7. The molecule has 1 aromatic rings. The van der Waals surface area contributed by atoms with Crippen molar-refractivity contribution in [1.82, 2.24) is 10.0 Å². The molecule has 0 bridgehead atoms. The Bertz CT molecular complexity index is 616. The van der Waals surface area contributed by atoms with Crippen LogP contribution in [0.3, 0.4) is 0 Å². The quantitative estimate of drug-likeness (QED) is 0.804. The van der Waals surface area contributed by atoms with Crippen molar-refractivity contribution in [2.45, 2.75) is 24.7 Å². The van der Waals surface area contributed by atoms with E-state index >= 15 is 0 Å². The maximum atomic E-state index is 12.5. The van der Waals surface area contributed by atoms with Crippen LogP contribution in [0.2, 0.25) is 0 Å². The van der Waals surface area contributed by atoms with Gasteiger partial charge >= 0.3 is 0 Å². The van der Waals surface area contributed by atoms with Gasteiger partial charge in [-0.15, -0.1) is 12.4 Å². The third-order valence-corrected chi connectivity index (χ3v) is 5.44. The molecule has 1 heterocycles. The molecule has 0 radical (unpaired) electrons. The summed E-state index contributed by atoms with van der Waals surface area (Å²) in [7, 11) is -0.571. The number of rotatable bonds is 6. The molecule has 0 aliphatic carbocycles. The second kappa shape index (κ2) is 8.19. The Hall–Kier alpha value is -1.02. The molecule has 2 rings (SSSR count). The third kappa shape index (κ3) is 4.97. The minimum absolute atomic E-state index is 0. The number of hydrogen-bond donors (Lipinski definition) is 2. The van der Waals surface area contributed by atoms with Gasteiger partial charge < -0.3 is 14.8 Å². The molecule has 1 fully saturated rings. The zero-order valence-corrected chi connectivity index (χ0v) is 15.4. The lowest BCUT2D eigenvalue weighted by atomic mass is 9.83. The van der Waals surface area contributed by atoms with Crippen LogP contribution in [-0.2, 0) is 10.0 Å². The van der Waals surface area contributed by atoms with E-state index < -0.39 is 10.0 Å². The number of nitrogens with one attached hydrogen (secondary N) is 2. The summed E-state index contributed by atoms with van der Waals surface area (Å²) < 4.78 is 37.9. The van der Waals surface area contributed by atoms with Crippen LogP contribution in [0.25, 0.3) is 0 Å². The van der Waals surface area contributed by atoms with E-state index in [0.29, 0.717) is 18.0 Å². The predicted octanol–water partition coefficient (Wildman–Crippen LogP) is 1.79. The summed E-state index contributed by atoms with van der Waals surface area (Å²) in [5.74, 6) is 0.904. The molecule has 6 nitrogen and oxygen atoms in total. The van der Waals surface area contributed by atoms with Crippen LogP contribution in [0.15, 0.2) is 23.1 Å². The Morgan fingerprint density at radius 3 is 2.52 bits per heavy atom. The zero-order chi connectivity index (χ0) is 16.2. The number of sulfonamides is 1. The Morgan fingerprint density at radius 2 is 1.96 bits per heavy atom. The van der Waals surface area contributed by atoms with Crippen molar-refractivity contribution < 1.29 is 17.9 Å². The van der Waals surface area contributed by atoms with E-state index in [-0.39, 0.29) is 22.7 Å². The number of piperidine rings is 1. The lowest BCUT2D eigenvalue weighted by Gasteiger charge is -2.34. The summed E-state index contributed by atoms with van der Waals surface area (Å²) in [6.45, 7) is 4.33. The Labute approximate surface area is 144 Å².